The minimum atomic E-state index is -3.46. The molecule has 2 aliphatic rings. The van der Waals surface area contributed by atoms with Crippen LogP contribution in [0.15, 0.2) is 35.4 Å². The molecular formula is C20H27N5O2S. The summed E-state index contributed by atoms with van der Waals surface area (Å²) in [7, 11) is 0.464. The van der Waals surface area contributed by atoms with Crippen molar-refractivity contribution >= 4 is 21.5 Å². The number of hydrogen-bond donors (Lipinski definition) is 0. The van der Waals surface area contributed by atoms with E-state index in [0.717, 1.165) is 30.8 Å². The van der Waals surface area contributed by atoms with Gasteiger partial charge in [0.05, 0.1) is 16.8 Å². The predicted molar refractivity (Wildman–Crippen MR) is 110 cm³/mol. The molecule has 1 aliphatic carbocycles. The lowest BCUT2D eigenvalue weighted by Crippen LogP contribution is -2.49. The number of rotatable bonds is 4. The first-order valence-corrected chi connectivity index (χ1v) is 11.3. The van der Waals surface area contributed by atoms with Crippen molar-refractivity contribution in [3.63, 3.8) is 0 Å². The summed E-state index contributed by atoms with van der Waals surface area (Å²) in [6, 6.07) is 7.65. The minimum absolute atomic E-state index is 0.427. The first-order valence-electron chi connectivity index (χ1n) is 9.82. The second-order valence-electron chi connectivity index (χ2n) is 7.70. The van der Waals surface area contributed by atoms with Crippen LogP contribution in [-0.4, -0.2) is 63.2 Å². The van der Waals surface area contributed by atoms with E-state index >= 15 is 0 Å². The zero-order valence-corrected chi connectivity index (χ0v) is 17.3. The van der Waals surface area contributed by atoms with E-state index in [9.17, 15) is 8.42 Å². The Bertz CT molecular complexity index is 953. The molecule has 1 aliphatic heterocycles. The first-order chi connectivity index (χ1) is 13.4. The van der Waals surface area contributed by atoms with Gasteiger partial charge in [0.15, 0.2) is 5.82 Å². The maximum Gasteiger partial charge on any atom is 0.243 e. The molecule has 0 N–H and O–H groups in total. The van der Waals surface area contributed by atoms with Gasteiger partial charge < -0.3 is 9.80 Å². The van der Waals surface area contributed by atoms with Gasteiger partial charge in [0.1, 0.15) is 0 Å². The molecule has 4 rings (SSSR count). The third kappa shape index (κ3) is 3.71. The standard InChI is InChI=1S/C20H27N5O2S/c1-23(2)18-14-20(22-21-15-18)24-9-11-25(12-10-24)28(26,27)19-8-7-16-5-3-4-6-17(16)13-19/h7-8,13-15H,3-6,9-12H2,1-2H3. The number of aryl methyl sites for hydroxylation is 2. The molecule has 0 bridgehead atoms. The maximum atomic E-state index is 13.1. The van der Waals surface area contributed by atoms with Crippen LogP contribution < -0.4 is 9.80 Å². The van der Waals surface area contributed by atoms with Crippen LogP contribution in [-0.2, 0) is 22.9 Å². The van der Waals surface area contributed by atoms with E-state index in [-0.39, 0.29) is 0 Å². The molecule has 0 spiro atoms. The van der Waals surface area contributed by atoms with Gasteiger partial charge in [0, 0.05) is 46.3 Å². The smallest absolute Gasteiger partial charge is 0.243 e. The molecule has 1 fully saturated rings. The lowest BCUT2D eigenvalue weighted by Gasteiger charge is -2.34. The minimum Gasteiger partial charge on any atom is -0.376 e. The van der Waals surface area contributed by atoms with Crippen LogP contribution in [0.25, 0.3) is 0 Å². The molecule has 0 radical (unpaired) electrons. The van der Waals surface area contributed by atoms with Gasteiger partial charge in [0.2, 0.25) is 10.0 Å². The maximum absolute atomic E-state index is 13.1. The molecule has 0 saturated carbocycles. The summed E-state index contributed by atoms with van der Waals surface area (Å²) in [6.07, 6.45) is 6.09. The monoisotopic (exact) mass is 401 g/mol. The third-order valence-electron chi connectivity index (χ3n) is 5.66. The Morgan fingerprint density at radius 2 is 1.68 bits per heavy atom. The van der Waals surface area contributed by atoms with E-state index in [4.69, 9.17) is 0 Å². The predicted octanol–water partition coefficient (Wildman–Crippen LogP) is 1.93. The zero-order chi connectivity index (χ0) is 19.7. The highest BCUT2D eigenvalue weighted by molar-refractivity contribution is 7.89. The van der Waals surface area contributed by atoms with Crippen molar-refractivity contribution in [3.8, 4) is 0 Å². The summed E-state index contributed by atoms with van der Waals surface area (Å²) in [5.74, 6) is 0.789. The average molecular weight is 402 g/mol. The molecule has 0 atom stereocenters. The molecule has 2 aromatic rings. The molecule has 1 saturated heterocycles. The number of anilines is 2. The number of aromatic nitrogens is 2. The lowest BCUT2D eigenvalue weighted by molar-refractivity contribution is 0.383. The van der Waals surface area contributed by atoms with E-state index < -0.39 is 10.0 Å². The molecule has 0 unspecified atom stereocenters. The number of fused-ring (bicyclic) bond motifs is 1. The van der Waals surface area contributed by atoms with Crippen LogP contribution in [0.1, 0.15) is 24.0 Å². The lowest BCUT2D eigenvalue weighted by atomic mass is 9.92. The van der Waals surface area contributed by atoms with Gasteiger partial charge in [-0.2, -0.15) is 9.40 Å². The Morgan fingerprint density at radius 1 is 0.964 bits per heavy atom. The number of nitrogens with zero attached hydrogens (tertiary/aromatic N) is 5. The number of benzene rings is 1. The van der Waals surface area contributed by atoms with Crippen LogP contribution in [0.5, 0.6) is 0 Å². The molecule has 1 aromatic carbocycles. The fourth-order valence-corrected chi connectivity index (χ4v) is 5.39. The summed E-state index contributed by atoms with van der Waals surface area (Å²) in [6.45, 7) is 2.12. The highest BCUT2D eigenvalue weighted by Crippen LogP contribution is 2.27. The first kappa shape index (κ1) is 19.1. The molecule has 2 heterocycles. The summed E-state index contributed by atoms with van der Waals surface area (Å²) >= 11 is 0. The van der Waals surface area contributed by atoms with Crippen molar-refractivity contribution in [2.45, 2.75) is 30.6 Å². The van der Waals surface area contributed by atoms with Gasteiger partial charge >= 0.3 is 0 Å². The highest BCUT2D eigenvalue weighted by Gasteiger charge is 2.29. The van der Waals surface area contributed by atoms with Crippen LogP contribution in [0.4, 0.5) is 11.5 Å². The Morgan fingerprint density at radius 3 is 2.39 bits per heavy atom. The van der Waals surface area contributed by atoms with Crippen LogP contribution >= 0.6 is 0 Å². The second-order valence-corrected chi connectivity index (χ2v) is 9.63. The molecular weight excluding hydrogens is 374 g/mol. The van der Waals surface area contributed by atoms with E-state index in [0.29, 0.717) is 31.1 Å². The van der Waals surface area contributed by atoms with Gasteiger partial charge in [0.25, 0.3) is 0 Å². The number of hydrogen-bond acceptors (Lipinski definition) is 6. The van der Waals surface area contributed by atoms with Gasteiger partial charge in [-0.3, -0.25) is 0 Å². The van der Waals surface area contributed by atoms with E-state index in [1.807, 2.05) is 37.2 Å². The van der Waals surface area contributed by atoms with E-state index in [1.165, 1.54) is 17.5 Å². The topological polar surface area (TPSA) is 69.6 Å². The Labute approximate surface area is 167 Å². The summed E-state index contributed by atoms with van der Waals surface area (Å²) in [5.41, 5.74) is 3.48. The summed E-state index contributed by atoms with van der Waals surface area (Å²) in [5, 5.41) is 8.29. The van der Waals surface area contributed by atoms with E-state index in [1.54, 1.807) is 16.6 Å². The zero-order valence-electron chi connectivity index (χ0n) is 16.5. The van der Waals surface area contributed by atoms with Crippen LogP contribution in [0.3, 0.4) is 0 Å². The summed E-state index contributed by atoms with van der Waals surface area (Å²) < 4.78 is 27.9. The van der Waals surface area contributed by atoms with Gasteiger partial charge in [-0.15, -0.1) is 5.10 Å². The Balaban J connectivity index is 1.48. The number of sulfonamides is 1. The van der Waals surface area contributed by atoms with Gasteiger partial charge in [-0.05, 0) is 48.9 Å². The molecule has 1 aromatic heterocycles. The van der Waals surface area contributed by atoms with Crippen molar-refractivity contribution in [1.82, 2.24) is 14.5 Å². The fraction of sp³-hybridized carbons (Fsp3) is 0.500. The molecule has 150 valence electrons. The van der Waals surface area contributed by atoms with E-state index in [2.05, 4.69) is 15.1 Å². The largest absolute Gasteiger partial charge is 0.376 e. The van der Waals surface area contributed by atoms with Crippen LogP contribution in [0, 0.1) is 0 Å². The third-order valence-corrected chi connectivity index (χ3v) is 7.56. The quantitative estimate of drug-likeness (QED) is 0.780. The van der Waals surface area contributed by atoms with Crippen molar-refractivity contribution in [1.29, 1.82) is 0 Å². The molecule has 7 nitrogen and oxygen atoms in total. The number of piperazine rings is 1. The van der Waals surface area contributed by atoms with Crippen molar-refractivity contribution in [2.75, 3.05) is 50.1 Å². The summed E-state index contributed by atoms with van der Waals surface area (Å²) in [4.78, 5) is 4.50. The molecule has 28 heavy (non-hydrogen) atoms. The van der Waals surface area contributed by atoms with Crippen molar-refractivity contribution in [3.05, 3.63) is 41.6 Å². The second kappa shape index (κ2) is 7.67. The van der Waals surface area contributed by atoms with Crippen molar-refractivity contribution in [2.24, 2.45) is 0 Å². The van der Waals surface area contributed by atoms with Gasteiger partial charge in [-0.25, -0.2) is 8.42 Å². The Kier molecular flexibility index (Phi) is 5.25. The highest BCUT2D eigenvalue weighted by atomic mass is 32.2. The van der Waals surface area contributed by atoms with Crippen molar-refractivity contribution < 1.29 is 8.42 Å². The fourth-order valence-electron chi connectivity index (χ4n) is 3.92. The molecule has 0 amide bonds. The van der Waals surface area contributed by atoms with Gasteiger partial charge in [-0.1, -0.05) is 6.07 Å². The molecule has 8 heteroatoms. The van der Waals surface area contributed by atoms with Crippen LogP contribution in [0.2, 0.25) is 0 Å². The SMILES string of the molecule is CN(C)c1cnnc(N2CCN(S(=O)(=O)c3ccc4c(c3)CCCC4)CC2)c1. The average Bonchev–Trinajstić information content (AvgIpc) is 2.73. The Hall–Kier alpha value is -2.19. The normalized spacial score (nSPS) is 18.0.